The highest BCUT2D eigenvalue weighted by molar-refractivity contribution is 5.93. The Morgan fingerprint density at radius 3 is 2.83 bits per heavy atom. The van der Waals surface area contributed by atoms with Gasteiger partial charge in [0.2, 0.25) is 0 Å². The van der Waals surface area contributed by atoms with Gasteiger partial charge in [-0.2, -0.15) is 0 Å². The SMILES string of the molecule is CCn1ccc2ccc(NC(=O)NC(C)(CCO)COC)cc21. The van der Waals surface area contributed by atoms with E-state index >= 15 is 0 Å². The molecule has 0 saturated carbocycles. The summed E-state index contributed by atoms with van der Waals surface area (Å²) < 4.78 is 7.26. The number of carbonyl (C=O) groups excluding carboxylic acids is 1. The molecule has 0 radical (unpaired) electrons. The number of aromatic nitrogens is 1. The molecule has 6 heteroatoms. The van der Waals surface area contributed by atoms with Crippen molar-refractivity contribution in [2.24, 2.45) is 0 Å². The quantitative estimate of drug-likeness (QED) is 0.734. The van der Waals surface area contributed by atoms with Crippen LogP contribution in [-0.2, 0) is 11.3 Å². The van der Waals surface area contributed by atoms with E-state index in [1.165, 1.54) is 0 Å². The number of ether oxygens (including phenoxy) is 1. The highest BCUT2D eigenvalue weighted by Crippen LogP contribution is 2.21. The second-order valence-electron chi connectivity index (χ2n) is 5.92. The molecule has 23 heavy (non-hydrogen) atoms. The first kappa shape index (κ1) is 17.3. The van der Waals surface area contributed by atoms with Crippen LogP contribution < -0.4 is 10.6 Å². The maximum atomic E-state index is 12.2. The Bertz CT molecular complexity index is 660. The lowest BCUT2D eigenvalue weighted by atomic mass is 10.00. The molecule has 0 fully saturated rings. The molecule has 0 saturated heterocycles. The zero-order valence-electron chi connectivity index (χ0n) is 13.9. The lowest BCUT2D eigenvalue weighted by Gasteiger charge is -2.29. The first-order valence-electron chi connectivity index (χ1n) is 7.79. The summed E-state index contributed by atoms with van der Waals surface area (Å²) in [5.41, 5.74) is 1.20. The third-order valence-electron chi connectivity index (χ3n) is 3.91. The van der Waals surface area contributed by atoms with Crippen LogP contribution in [0.2, 0.25) is 0 Å². The van der Waals surface area contributed by atoms with Crippen molar-refractivity contribution in [3.05, 3.63) is 30.5 Å². The van der Waals surface area contributed by atoms with Gasteiger partial charge in [0.25, 0.3) is 0 Å². The fraction of sp³-hybridized carbons (Fsp3) is 0.471. The van der Waals surface area contributed by atoms with Gasteiger partial charge < -0.3 is 25.0 Å². The number of aliphatic hydroxyl groups is 1. The molecule has 2 aromatic rings. The largest absolute Gasteiger partial charge is 0.396 e. The van der Waals surface area contributed by atoms with E-state index in [1.807, 2.05) is 31.3 Å². The predicted molar refractivity (Wildman–Crippen MR) is 91.8 cm³/mol. The second-order valence-corrected chi connectivity index (χ2v) is 5.92. The summed E-state index contributed by atoms with van der Waals surface area (Å²) in [7, 11) is 1.57. The van der Waals surface area contributed by atoms with Gasteiger partial charge in [0, 0.05) is 32.1 Å². The molecule has 3 N–H and O–H groups in total. The highest BCUT2D eigenvalue weighted by Gasteiger charge is 2.25. The van der Waals surface area contributed by atoms with E-state index in [1.54, 1.807) is 7.11 Å². The van der Waals surface area contributed by atoms with Crippen molar-refractivity contribution < 1.29 is 14.6 Å². The molecule has 1 atom stereocenters. The zero-order valence-corrected chi connectivity index (χ0v) is 13.9. The Morgan fingerprint density at radius 2 is 2.17 bits per heavy atom. The fourth-order valence-corrected chi connectivity index (χ4v) is 2.71. The molecule has 0 aliphatic rings. The number of rotatable bonds is 7. The number of fused-ring (bicyclic) bond motifs is 1. The van der Waals surface area contributed by atoms with E-state index in [0.29, 0.717) is 13.0 Å². The Hall–Kier alpha value is -2.05. The number of benzene rings is 1. The van der Waals surface area contributed by atoms with E-state index < -0.39 is 5.54 Å². The molecule has 0 aliphatic heterocycles. The standard InChI is InChI=1S/C17H25N3O3/c1-4-20-9-7-13-5-6-14(11-15(13)20)18-16(22)19-17(2,8-10-21)12-23-3/h5-7,9,11,21H,4,8,10,12H2,1-3H3,(H2,18,19,22). The van der Waals surface area contributed by atoms with E-state index in [2.05, 4.69) is 28.2 Å². The molecule has 1 unspecified atom stereocenters. The Morgan fingerprint density at radius 1 is 1.39 bits per heavy atom. The summed E-state index contributed by atoms with van der Waals surface area (Å²) in [6, 6.07) is 7.56. The maximum Gasteiger partial charge on any atom is 0.319 e. The summed E-state index contributed by atoms with van der Waals surface area (Å²) >= 11 is 0. The lowest BCUT2D eigenvalue weighted by molar-refractivity contribution is 0.104. The van der Waals surface area contributed by atoms with E-state index in [9.17, 15) is 4.79 Å². The van der Waals surface area contributed by atoms with Gasteiger partial charge in [-0.1, -0.05) is 6.07 Å². The number of hydrogen-bond acceptors (Lipinski definition) is 3. The smallest absolute Gasteiger partial charge is 0.319 e. The minimum Gasteiger partial charge on any atom is -0.396 e. The molecule has 0 spiro atoms. The number of nitrogens with zero attached hydrogens (tertiary/aromatic N) is 1. The van der Waals surface area contributed by atoms with Crippen LogP contribution in [0.3, 0.4) is 0 Å². The first-order valence-corrected chi connectivity index (χ1v) is 7.79. The highest BCUT2D eigenvalue weighted by atomic mass is 16.5. The van der Waals surface area contributed by atoms with Crippen molar-refractivity contribution in [2.45, 2.75) is 32.4 Å². The average molecular weight is 319 g/mol. The van der Waals surface area contributed by atoms with Crippen molar-refractivity contribution in [1.82, 2.24) is 9.88 Å². The predicted octanol–water partition coefficient (Wildman–Crippen LogP) is 2.57. The van der Waals surface area contributed by atoms with Crippen LogP contribution in [0, 0.1) is 0 Å². The second kappa shape index (κ2) is 7.48. The topological polar surface area (TPSA) is 75.5 Å². The van der Waals surface area contributed by atoms with Crippen LogP contribution in [0.1, 0.15) is 20.3 Å². The van der Waals surface area contributed by atoms with Gasteiger partial charge in [-0.15, -0.1) is 0 Å². The molecule has 2 rings (SSSR count). The number of aliphatic hydroxyl groups excluding tert-OH is 1. The Kier molecular flexibility index (Phi) is 5.63. The number of hydrogen-bond donors (Lipinski definition) is 3. The molecular weight excluding hydrogens is 294 g/mol. The number of urea groups is 1. The van der Waals surface area contributed by atoms with Crippen LogP contribution in [0.5, 0.6) is 0 Å². The molecule has 0 bridgehead atoms. The maximum absolute atomic E-state index is 12.2. The first-order chi connectivity index (χ1) is 11.0. The molecule has 6 nitrogen and oxygen atoms in total. The normalized spacial score (nSPS) is 13.7. The monoisotopic (exact) mass is 319 g/mol. The summed E-state index contributed by atoms with van der Waals surface area (Å²) in [5.74, 6) is 0. The van der Waals surface area contributed by atoms with Crippen molar-refractivity contribution in [3.63, 3.8) is 0 Å². The van der Waals surface area contributed by atoms with Gasteiger partial charge in [0.1, 0.15) is 0 Å². The zero-order chi connectivity index (χ0) is 16.9. The number of methoxy groups -OCH3 is 1. The van der Waals surface area contributed by atoms with Crippen LogP contribution in [-0.4, -0.2) is 41.6 Å². The number of aryl methyl sites for hydroxylation is 1. The molecule has 1 heterocycles. The van der Waals surface area contributed by atoms with Gasteiger partial charge in [0.15, 0.2) is 0 Å². The van der Waals surface area contributed by atoms with Crippen molar-refractivity contribution in [3.8, 4) is 0 Å². The number of nitrogens with one attached hydrogen (secondary N) is 2. The summed E-state index contributed by atoms with van der Waals surface area (Å²) in [5, 5.41) is 16.0. The van der Waals surface area contributed by atoms with Crippen LogP contribution in [0.4, 0.5) is 10.5 Å². The number of amides is 2. The van der Waals surface area contributed by atoms with Gasteiger partial charge in [0.05, 0.1) is 17.7 Å². The van der Waals surface area contributed by atoms with Gasteiger partial charge in [-0.05, 0) is 43.9 Å². The Balaban J connectivity index is 2.10. The van der Waals surface area contributed by atoms with Gasteiger partial charge in [-0.3, -0.25) is 0 Å². The van der Waals surface area contributed by atoms with Crippen molar-refractivity contribution >= 4 is 22.6 Å². The van der Waals surface area contributed by atoms with E-state index in [4.69, 9.17) is 9.84 Å². The van der Waals surface area contributed by atoms with E-state index in [0.717, 1.165) is 23.1 Å². The van der Waals surface area contributed by atoms with Crippen molar-refractivity contribution in [2.75, 3.05) is 25.6 Å². The van der Waals surface area contributed by atoms with Crippen LogP contribution >= 0.6 is 0 Å². The van der Waals surface area contributed by atoms with Gasteiger partial charge >= 0.3 is 6.03 Å². The Labute approximate surface area is 136 Å². The minimum atomic E-state index is -0.610. The summed E-state index contributed by atoms with van der Waals surface area (Å²) in [6.45, 7) is 5.12. The fourth-order valence-electron chi connectivity index (χ4n) is 2.71. The minimum absolute atomic E-state index is 0.0177. The van der Waals surface area contributed by atoms with Gasteiger partial charge in [-0.25, -0.2) is 4.79 Å². The third-order valence-corrected chi connectivity index (χ3v) is 3.91. The molecular formula is C17H25N3O3. The number of carbonyl (C=O) groups is 1. The molecule has 1 aromatic carbocycles. The molecule has 0 aliphatic carbocycles. The number of anilines is 1. The lowest BCUT2D eigenvalue weighted by Crippen LogP contribution is -2.51. The summed E-state index contributed by atoms with van der Waals surface area (Å²) in [4.78, 5) is 12.2. The molecule has 1 aromatic heterocycles. The average Bonchev–Trinajstić information content (AvgIpc) is 2.89. The van der Waals surface area contributed by atoms with Crippen LogP contribution in [0.25, 0.3) is 10.9 Å². The van der Waals surface area contributed by atoms with E-state index in [-0.39, 0.29) is 12.6 Å². The molecule has 2 amide bonds. The third kappa shape index (κ3) is 4.24. The molecule has 126 valence electrons. The van der Waals surface area contributed by atoms with Crippen LogP contribution in [0.15, 0.2) is 30.5 Å². The van der Waals surface area contributed by atoms with Crippen molar-refractivity contribution in [1.29, 1.82) is 0 Å². The summed E-state index contributed by atoms with van der Waals surface area (Å²) in [6.07, 6.45) is 2.46.